The number of aliphatic hydroxyl groups excluding tert-OH is 1. The number of methoxy groups -OCH3 is 1. The standard InChI is InChI=1S/C16H27NO5/c1-15(2,3)22-14(20)17-9-5-11(6-10-17)16(7-8-16)12(18)13(19)21-4/h11-12,18H,5-10H2,1-4H3. The summed E-state index contributed by atoms with van der Waals surface area (Å²) in [6.07, 6.45) is 1.93. The number of amides is 1. The van der Waals surface area contributed by atoms with Crippen LogP contribution in [0.3, 0.4) is 0 Å². The lowest BCUT2D eigenvalue weighted by Crippen LogP contribution is -2.46. The molecule has 2 aliphatic rings. The Bertz CT molecular complexity index is 430. The van der Waals surface area contributed by atoms with Gasteiger partial charge in [-0.3, -0.25) is 0 Å². The molecular formula is C16H27NO5. The lowest BCUT2D eigenvalue weighted by Gasteiger charge is -2.38. The van der Waals surface area contributed by atoms with Gasteiger partial charge in [-0.15, -0.1) is 0 Å². The summed E-state index contributed by atoms with van der Waals surface area (Å²) >= 11 is 0. The summed E-state index contributed by atoms with van der Waals surface area (Å²) in [5.74, 6) is -0.299. The summed E-state index contributed by atoms with van der Waals surface area (Å²) in [6, 6.07) is 0. The van der Waals surface area contributed by atoms with E-state index in [1.54, 1.807) is 4.90 Å². The Balaban J connectivity index is 1.90. The van der Waals surface area contributed by atoms with Gasteiger partial charge in [-0.1, -0.05) is 0 Å². The van der Waals surface area contributed by atoms with Crippen LogP contribution in [-0.2, 0) is 14.3 Å². The molecule has 22 heavy (non-hydrogen) atoms. The molecule has 2 rings (SSSR count). The summed E-state index contributed by atoms with van der Waals surface area (Å²) in [5, 5.41) is 10.2. The fourth-order valence-corrected chi connectivity index (χ4v) is 3.36. The van der Waals surface area contributed by atoms with Crippen molar-refractivity contribution in [1.82, 2.24) is 4.90 Å². The summed E-state index contributed by atoms with van der Waals surface area (Å²) < 4.78 is 10.1. The SMILES string of the molecule is COC(=O)C(O)C1(C2CCN(C(=O)OC(C)(C)C)CC2)CC1. The molecule has 6 heteroatoms. The third-order valence-electron chi connectivity index (χ3n) is 4.76. The molecule has 1 heterocycles. The van der Waals surface area contributed by atoms with Crippen LogP contribution in [0.1, 0.15) is 46.5 Å². The van der Waals surface area contributed by atoms with E-state index < -0.39 is 17.7 Å². The molecular weight excluding hydrogens is 286 g/mol. The molecule has 1 saturated carbocycles. The molecule has 0 aromatic rings. The van der Waals surface area contributed by atoms with E-state index in [1.807, 2.05) is 20.8 Å². The lowest BCUT2D eigenvalue weighted by molar-refractivity contribution is -0.156. The zero-order valence-corrected chi connectivity index (χ0v) is 13.9. The maximum atomic E-state index is 12.1. The smallest absolute Gasteiger partial charge is 0.410 e. The van der Waals surface area contributed by atoms with Gasteiger partial charge in [-0.2, -0.15) is 0 Å². The van der Waals surface area contributed by atoms with Crippen LogP contribution in [0.2, 0.25) is 0 Å². The predicted octanol–water partition coefficient (Wildman–Crippen LogP) is 1.95. The molecule has 126 valence electrons. The third-order valence-corrected chi connectivity index (χ3v) is 4.76. The molecule has 1 aliphatic carbocycles. The first-order chi connectivity index (χ1) is 10.2. The van der Waals surface area contributed by atoms with Gasteiger partial charge in [-0.05, 0) is 52.4 Å². The number of esters is 1. The fourth-order valence-electron chi connectivity index (χ4n) is 3.36. The van der Waals surface area contributed by atoms with Crippen LogP contribution in [0, 0.1) is 11.3 Å². The zero-order chi connectivity index (χ0) is 16.5. The van der Waals surface area contributed by atoms with E-state index in [1.165, 1.54) is 7.11 Å². The van der Waals surface area contributed by atoms with Gasteiger partial charge in [-0.25, -0.2) is 9.59 Å². The van der Waals surface area contributed by atoms with E-state index in [9.17, 15) is 14.7 Å². The minimum atomic E-state index is -1.05. The van der Waals surface area contributed by atoms with Crippen molar-refractivity contribution >= 4 is 12.1 Å². The van der Waals surface area contributed by atoms with Crippen LogP contribution in [0.15, 0.2) is 0 Å². The second-order valence-electron chi connectivity index (χ2n) is 7.40. The van der Waals surface area contributed by atoms with E-state index >= 15 is 0 Å². The monoisotopic (exact) mass is 313 g/mol. The molecule has 6 nitrogen and oxygen atoms in total. The molecule has 2 fully saturated rings. The fraction of sp³-hybridized carbons (Fsp3) is 0.875. The molecule has 1 unspecified atom stereocenters. The number of aliphatic hydroxyl groups is 1. The molecule has 1 N–H and O–H groups in total. The largest absolute Gasteiger partial charge is 0.467 e. The number of hydrogen-bond acceptors (Lipinski definition) is 5. The minimum absolute atomic E-state index is 0.250. The minimum Gasteiger partial charge on any atom is -0.467 e. The first-order valence-electron chi connectivity index (χ1n) is 7.93. The van der Waals surface area contributed by atoms with E-state index in [0.717, 1.165) is 25.7 Å². The van der Waals surface area contributed by atoms with Crippen molar-refractivity contribution in [2.24, 2.45) is 11.3 Å². The van der Waals surface area contributed by atoms with Gasteiger partial charge in [0.2, 0.25) is 0 Å². The molecule has 1 aliphatic heterocycles. The second-order valence-corrected chi connectivity index (χ2v) is 7.40. The number of carbonyl (C=O) groups is 2. The summed E-state index contributed by atoms with van der Waals surface area (Å²) in [5.41, 5.74) is -0.833. The third kappa shape index (κ3) is 3.54. The summed E-state index contributed by atoms with van der Waals surface area (Å²) in [4.78, 5) is 25.4. The van der Waals surface area contributed by atoms with E-state index in [0.29, 0.717) is 13.1 Å². The number of piperidine rings is 1. The average molecular weight is 313 g/mol. The van der Waals surface area contributed by atoms with Gasteiger partial charge in [0.1, 0.15) is 5.60 Å². The topological polar surface area (TPSA) is 76.1 Å². The van der Waals surface area contributed by atoms with E-state index in [-0.39, 0.29) is 17.4 Å². The van der Waals surface area contributed by atoms with Crippen LogP contribution >= 0.6 is 0 Å². The van der Waals surface area contributed by atoms with Gasteiger partial charge < -0.3 is 19.5 Å². The van der Waals surface area contributed by atoms with Crippen molar-refractivity contribution < 1.29 is 24.2 Å². The first-order valence-corrected chi connectivity index (χ1v) is 7.93. The highest BCUT2D eigenvalue weighted by Crippen LogP contribution is 2.57. The van der Waals surface area contributed by atoms with Crippen molar-refractivity contribution in [1.29, 1.82) is 0 Å². The lowest BCUT2D eigenvalue weighted by atomic mass is 9.78. The molecule has 0 radical (unpaired) electrons. The second kappa shape index (κ2) is 6.07. The van der Waals surface area contributed by atoms with Crippen molar-refractivity contribution in [3.05, 3.63) is 0 Å². The highest BCUT2D eigenvalue weighted by molar-refractivity contribution is 5.76. The highest BCUT2D eigenvalue weighted by Gasteiger charge is 2.57. The highest BCUT2D eigenvalue weighted by atomic mass is 16.6. The molecule has 1 amide bonds. The molecule has 1 atom stereocenters. The normalized spacial score (nSPS) is 22.9. The van der Waals surface area contributed by atoms with Crippen LogP contribution in [0.25, 0.3) is 0 Å². The maximum Gasteiger partial charge on any atom is 0.410 e. The van der Waals surface area contributed by atoms with E-state index in [4.69, 9.17) is 4.74 Å². The van der Waals surface area contributed by atoms with Gasteiger partial charge in [0.05, 0.1) is 7.11 Å². The Kier molecular flexibility index (Phi) is 4.70. The van der Waals surface area contributed by atoms with Crippen LogP contribution < -0.4 is 0 Å². The molecule has 0 aromatic heterocycles. The quantitative estimate of drug-likeness (QED) is 0.806. The number of ether oxygens (including phenoxy) is 2. The zero-order valence-electron chi connectivity index (χ0n) is 13.9. The van der Waals surface area contributed by atoms with Crippen LogP contribution in [0.5, 0.6) is 0 Å². The number of hydrogen-bond donors (Lipinski definition) is 1. The van der Waals surface area contributed by atoms with Gasteiger partial charge in [0, 0.05) is 18.5 Å². The van der Waals surface area contributed by atoms with Crippen LogP contribution in [-0.4, -0.2) is 54.0 Å². The van der Waals surface area contributed by atoms with Crippen molar-refractivity contribution in [3.63, 3.8) is 0 Å². The van der Waals surface area contributed by atoms with Gasteiger partial charge in [0.15, 0.2) is 6.10 Å². The molecule has 0 aromatic carbocycles. The van der Waals surface area contributed by atoms with Gasteiger partial charge in [0.25, 0.3) is 0 Å². The summed E-state index contributed by atoms with van der Waals surface area (Å²) in [7, 11) is 1.30. The van der Waals surface area contributed by atoms with Crippen LogP contribution in [0.4, 0.5) is 4.79 Å². The predicted molar refractivity (Wildman–Crippen MR) is 80.2 cm³/mol. The Morgan fingerprint density at radius 2 is 1.77 bits per heavy atom. The van der Waals surface area contributed by atoms with Crippen molar-refractivity contribution in [2.45, 2.75) is 58.2 Å². The first kappa shape index (κ1) is 17.1. The van der Waals surface area contributed by atoms with Gasteiger partial charge >= 0.3 is 12.1 Å². The number of likely N-dealkylation sites (tertiary alicyclic amines) is 1. The Morgan fingerprint density at radius 1 is 1.23 bits per heavy atom. The number of rotatable bonds is 3. The molecule has 1 saturated heterocycles. The number of nitrogens with zero attached hydrogens (tertiary/aromatic N) is 1. The van der Waals surface area contributed by atoms with Crippen molar-refractivity contribution in [2.75, 3.05) is 20.2 Å². The Hall–Kier alpha value is -1.30. The molecule has 0 spiro atoms. The number of carbonyl (C=O) groups excluding carboxylic acids is 2. The summed E-state index contributed by atoms with van der Waals surface area (Å²) in [6.45, 7) is 6.77. The average Bonchev–Trinajstić information content (AvgIpc) is 3.25. The van der Waals surface area contributed by atoms with Crippen molar-refractivity contribution in [3.8, 4) is 0 Å². The maximum absolute atomic E-state index is 12.1. The molecule has 0 bridgehead atoms. The Labute approximate surface area is 131 Å². The Morgan fingerprint density at radius 3 is 2.18 bits per heavy atom. The van der Waals surface area contributed by atoms with E-state index in [2.05, 4.69) is 4.74 Å².